The van der Waals surface area contributed by atoms with E-state index < -0.39 is 0 Å². The third-order valence-corrected chi connectivity index (χ3v) is 3.90. The maximum absolute atomic E-state index is 12.2. The number of carbonyl (C=O) groups excluding carboxylic acids is 1. The lowest BCUT2D eigenvalue weighted by Gasteiger charge is -2.14. The van der Waals surface area contributed by atoms with Crippen LogP contribution in [0.3, 0.4) is 0 Å². The highest BCUT2D eigenvalue weighted by Crippen LogP contribution is 2.09. The Bertz CT molecular complexity index is 841. The Morgan fingerprint density at radius 1 is 1.27 bits per heavy atom. The summed E-state index contributed by atoms with van der Waals surface area (Å²) in [6.45, 7) is 4.46. The monoisotopic (exact) mass is 353 g/mol. The Labute approximate surface area is 152 Å². The maximum atomic E-state index is 12.2. The molecule has 136 valence electrons. The Morgan fingerprint density at radius 2 is 2.08 bits per heavy atom. The van der Waals surface area contributed by atoms with Crippen molar-refractivity contribution < 1.29 is 9.32 Å². The number of hydrogen-bond acceptors (Lipinski definition) is 5. The number of aryl methyl sites for hydroxylation is 1. The molecule has 1 amide bonds. The van der Waals surface area contributed by atoms with Crippen molar-refractivity contribution in [2.24, 2.45) is 0 Å². The summed E-state index contributed by atoms with van der Waals surface area (Å²) in [6, 6.07) is 11.9. The van der Waals surface area contributed by atoms with Gasteiger partial charge in [-0.25, -0.2) is 0 Å². The van der Waals surface area contributed by atoms with Crippen LogP contribution in [-0.2, 0) is 19.6 Å². The molecule has 0 aliphatic rings. The second-order valence-corrected chi connectivity index (χ2v) is 6.37. The Balaban J connectivity index is 1.46. The molecule has 0 saturated heterocycles. The summed E-state index contributed by atoms with van der Waals surface area (Å²) in [5.41, 5.74) is 2.61. The van der Waals surface area contributed by atoms with Crippen LogP contribution in [-0.4, -0.2) is 39.3 Å². The summed E-state index contributed by atoms with van der Waals surface area (Å²) < 4.78 is 7.09. The molecule has 0 aliphatic carbocycles. The summed E-state index contributed by atoms with van der Waals surface area (Å²) in [5, 5.41) is 10.9. The minimum atomic E-state index is -0.241. The van der Waals surface area contributed by atoms with Crippen LogP contribution >= 0.6 is 0 Å². The molecule has 0 radical (unpaired) electrons. The largest absolute Gasteiger partial charge is 0.359 e. The van der Waals surface area contributed by atoms with Crippen LogP contribution in [0, 0.1) is 6.92 Å². The van der Waals surface area contributed by atoms with E-state index in [9.17, 15) is 4.79 Å². The van der Waals surface area contributed by atoms with Crippen LogP contribution in [0.25, 0.3) is 0 Å². The summed E-state index contributed by atoms with van der Waals surface area (Å²) in [5.74, 6) is 0.422. The number of rotatable bonds is 8. The summed E-state index contributed by atoms with van der Waals surface area (Å²) in [7, 11) is 2.00. The third-order valence-electron chi connectivity index (χ3n) is 3.90. The Hall–Kier alpha value is -2.93. The fraction of sp³-hybridized carbons (Fsp3) is 0.316. The third kappa shape index (κ3) is 5.03. The highest BCUT2D eigenvalue weighted by Gasteiger charge is 2.13. The molecule has 3 rings (SSSR count). The van der Waals surface area contributed by atoms with Crippen molar-refractivity contribution in [3.8, 4) is 0 Å². The standard InChI is InChI=1S/C19H23N5O2/c1-15-11-21-24(12-15)9-8-20-19(25)18-10-17(26-22-18)14-23(2)13-16-6-4-3-5-7-16/h3-7,10-12H,8-9,13-14H2,1-2H3,(H,20,25). The summed E-state index contributed by atoms with van der Waals surface area (Å²) in [6.07, 6.45) is 3.72. The van der Waals surface area contributed by atoms with Crippen molar-refractivity contribution in [2.75, 3.05) is 13.6 Å². The van der Waals surface area contributed by atoms with Crippen molar-refractivity contribution in [3.63, 3.8) is 0 Å². The van der Waals surface area contributed by atoms with E-state index in [4.69, 9.17) is 4.52 Å². The topological polar surface area (TPSA) is 76.2 Å². The van der Waals surface area contributed by atoms with Crippen LogP contribution in [0.5, 0.6) is 0 Å². The molecule has 7 heteroatoms. The fourth-order valence-electron chi connectivity index (χ4n) is 2.68. The molecule has 0 bridgehead atoms. The summed E-state index contributed by atoms with van der Waals surface area (Å²) >= 11 is 0. The van der Waals surface area contributed by atoms with E-state index in [1.165, 1.54) is 5.56 Å². The van der Waals surface area contributed by atoms with E-state index >= 15 is 0 Å². The van der Waals surface area contributed by atoms with Gasteiger partial charge in [0.2, 0.25) is 0 Å². The lowest BCUT2D eigenvalue weighted by atomic mass is 10.2. The second-order valence-electron chi connectivity index (χ2n) is 6.37. The second kappa shape index (κ2) is 8.44. The molecule has 0 spiro atoms. The van der Waals surface area contributed by atoms with E-state index in [-0.39, 0.29) is 5.91 Å². The minimum absolute atomic E-state index is 0.241. The molecule has 0 aliphatic heterocycles. The van der Waals surface area contributed by atoms with Crippen molar-refractivity contribution in [2.45, 2.75) is 26.6 Å². The number of benzene rings is 1. The predicted octanol–water partition coefficient (Wildman–Crippen LogP) is 2.24. The van der Waals surface area contributed by atoms with Crippen molar-refractivity contribution in [3.05, 3.63) is 71.4 Å². The molecular weight excluding hydrogens is 330 g/mol. The predicted molar refractivity (Wildman–Crippen MR) is 97.4 cm³/mol. The molecule has 1 aromatic carbocycles. The van der Waals surface area contributed by atoms with Gasteiger partial charge in [0.1, 0.15) is 0 Å². The molecule has 26 heavy (non-hydrogen) atoms. The van der Waals surface area contributed by atoms with E-state index in [2.05, 4.69) is 32.6 Å². The number of aromatic nitrogens is 3. The number of nitrogens with one attached hydrogen (secondary N) is 1. The van der Waals surface area contributed by atoms with Gasteiger partial charge in [-0.1, -0.05) is 35.5 Å². The highest BCUT2D eigenvalue weighted by molar-refractivity contribution is 5.92. The van der Waals surface area contributed by atoms with Crippen molar-refractivity contribution >= 4 is 5.91 Å². The first kappa shape index (κ1) is 17.9. The van der Waals surface area contributed by atoms with Gasteiger partial charge in [-0.3, -0.25) is 14.4 Å². The van der Waals surface area contributed by atoms with Crippen molar-refractivity contribution in [1.29, 1.82) is 0 Å². The van der Waals surface area contributed by atoms with Crippen LogP contribution in [0.15, 0.2) is 53.3 Å². The molecule has 7 nitrogen and oxygen atoms in total. The lowest BCUT2D eigenvalue weighted by molar-refractivity contribution is 0.0942. The average Bonchev–Trinajstić information content (AvgIpc) is 3.25. The van der Waals surface area contributed by atoms with Crippen LogP contribution in [0.1, 0.15) is 27.4 Å². The van der Waals surface area contributed by atoms with Gasteiger partial charge >= 0.3 is 0 Å². The number of amides is 1. The van der Waals surface area contributed by atoms with E-state index in [0.717, 1.165) is 12.1 Å². The zero-order chi connectivity index (χ0) is 18.4. The first-order chi connectivity index (χ1) is 12.6. The normalized spacial score (nSPS) is 11.0. The Kier molecular flexibility index (Phi) is 5.80. The number of hydrogen-bond donors (Lipinski definition) is 1. The maximum Gasteiger partial charge on any atom is 0.273 e. The molecular formula is C19H23N5O2. The first-order valence-corrected chi connectivity index (χ1v) is 8.55. The van der Waals surface area contributed by atoms with Crippen LogP contribution < -0.4 is 5.32 Å². The van der Waals surface area contributed by atoms with E-state index in [1.54, 1.807) is 16.9 Å². The quantitative estimate of drug-likeness (QED) is 0.672. The number of nitrogens with zero attached hydrogens (tertiary/aromatic N) is 4. The van der Waals surface area contributed by atoms with Gasteiger partial charge in [-0.05, 0) is 25.1 Å². The van der Waals surface area contributed by atoms with Gasteiger partial charge in [0.05, 0.1) is 19.3 Å². The zero-order valence-corrected chi connectivity index (χ0v) is 15.1. The van der Waals surface area contributed by atoms with E-state index in [1.807, 2.05) is 38.4 Å². The molecule has 2 aromatic heterocycles. The van der Waals surface area contributed by atoms with Crippen LogP contribution in [0.4, 0.5) is 0 Å². The lowest BCUT2D eigenvalue weighted by Crippen LogP contribution is -2.27. The molecule has 1 N–H and O–H groups in total. The van der Waals surface area contributed by atoms with Crippen LogP contribution in [0.2, 0.25) is 0 Å². The van der Waals surface area contributed by atoms with Gasteiger partial charge in [0.15, 0.2) is 11.5 Å². The van der Waals surface area contributed by atoms with Crippen molar-refractivity contribution in [1.82, 2.24) is 25.2 Å². The average molecular weight is 353 g/mol. The fourth-order valence-corrected chi connectivity index (χ4v) is 2.68. The molecule has 2 heterocycles. The molecule has 0 atom stereocenters. The smallest absolute Gasteiger partial charge is 0.273 e. The first-order valence-electron chi connectivity index (χ1n) is 8.55. The van der Waals surface area contributed by atoms with Gasteiger partial charge in [0.25, 0.3) is 5.91 Å². The van der Waals surface area contributed by atoms with Gasteiger partial charge in [-0.15, -0.1) is 0 Å². The zero-order valence-electron chi connectivity index (χ0n) is 15.1. The molecule has 0 saturated carbocycles. The summed E-state index contributed by atoms with van der Waals surface area (Å²) in [4.78, 5) is 14.3. The molecule has 3 aromatic rings. The van der Waals surface area contributed by atoms with E-state index in [0.29, 0.717) is 31.1 Å². The van der Waals surface area contributed by atoms with Gasteiger partial charge < -0.3 is 9.84 Å². The SMILES string of the molecule is Cc1cnn(CCNC(=O)c2cc(CN(C)Cc3ccccc3)on2)c1. The number of carbonyl (C=O) groups is 1. The highest BCUT2D eigenvalue weighted by atomic mass is 16.5. The van der Waals surface area contributed by atoms with Gasteiger partial charge in [0, 0.05) is 25.4 Å². The Morgan fingerprint density at radius 3 is 2.81 bits per heavy atom. The molecule has 0 fully saturated rings. The minimum Gasteiger partial charge on any atom is -0.359 e. The molecule has 0 unspecified atom stereocenters. The van der Waals surface area contributed by atoms with Gasteiger partial charge in [-0.2, -0.15) is 5.10 Å².